The molecule has 1 rings (SSSR count). The largest absolute Gasteiger partial charge is 0.422 e. The van der Waals surface area contributed by atoms with Crippen LogP contribution in [-0.4, -0.2) is 24.4 Å². The molecule has 0 radical (unpaired) electrons. The summed E-state index contributed by atoms with van der Waals surface area (Å²) in [6, 6.07) is -0.333. The van der Waals surface area contributed by atoms with Crippen molar-refractivity contribution in [3.05, 3.63) is 0 Å². The lowest BCUT2D eigenvalue weighted by molar-refractivity contribution is -0.227. The number of nitrogens with one attached hydrogen (secondary N) is 1. The minimum Gasteiger partial charge on any atom is -0.314 e. The summed E-state index contributed by atoms with van der Waals surface area (Å²) in [5.74, 6) is 0. The molecule has 1 N–H and O–H groups in total. The Balaban J connectivity index is 2.49. The van der Waals surface area contributed by atoms with Crippen LogP contribution in [0.1, 0.15) is 32.6 Å². The van der Waals surface area contributed by atoms with Gasteiger partial charge in [-0.25, -0.2) is 4.39 Å². The number of halogens is 4. The van der Waals surface area contributed by atoms with Gasteiger partial charge in [0.1, 0.15) is 0 Å². The van der Waals surface area contributed by atoms with Crippen LogP contribution < -0.4 is 5.32 Å². The molecule has 84 valence electrons. The van der Waals surface area contributed by atoms with Crippen LogP contribution in [0, 0.1) is 0 Å². The molecular formula is C9H15F4N. The fraction of sp³-hybridized carbons (Fsp3) is 1.00. The molecule has 1 heterocycles. The normalized spacial score (nSPS) is 28.5. The second-order valence-electron chi connectivity index (χ2n) is 4.05. The van der Waals surface area contributed by atoms with E-state index >= 15 is 0 Å². The summed E-state index contributed by atoms with van der Waals surface area (Å²) in [6.45, 7) is 1.31. The van der Waals surface area contributed by atoms with Crippen LogP contribution in [0.2, 0.25) is 0 Å². The van der Waals surface area contributed by atoms with Gasteiger partial charge in [-0.2, -0.15) is 13.2 Å². The van der Waals surface area contributed by atoms with Crippen LogP contribution in [-0.2, 0) is 0 Å². The molecule has 0 aromatic rings. The lowest BCUT2D eigenvalue weighted by atomic mass is 9.92. The maximum atomic E-state index is 13.2. The second kappa shape index (κ2) is 4.04. The molecule has 2 unspecified atom stereocenters. The number of hydrogen-bond acceptors (Lipinski definition) is 1. The predicted octanol–water partition coefficient (Wildman–Crippen LogP) is 2.81. The summed E-state index contributed by atoms with van der Waals surface area (Å²) >= 11 is 0. The highest BCUT2D eigenvalue weighted by atomic mass is 19.4. The highest BCUT2D eigenvalue weighted by Gasteiger charge is 2.52. The maximum absolute atomic E-state index is 13.2. The first kappa shape index (κ1) is 11.8. The van der Waals surface area contributed by atoms with Gasteiger partial charge < -0.3 is 5.32 Å². The second-order valence-corrected chi connectivity index (χ2v) is 4.05. The number of rotatable bonds is 2. The Hall–Kier alpha value is -0.320. The van der Waals surface area contributed by atoms with Gasteiger partial charge in [0.25, 0.3) is 0 Å². The van der Waals surface area contributed by atoms with E-state index < -0.39 is 18.3 Å². The third-order valence-electron chi connectivity index (χ3n) is 2.63. The van der Waals surface area contributed by atoms with Crippen molar-refractivity contribution in [3.8, 4) is 0 Å². The van der Waals surface area contributed by atoms with Crippen LogP contribution in [0.5, 0.6) is 0 Å². The van der Waals surface area contributed by atoms with Gasteiger partial charge in [-0.3, -0.25) is 0 Å². The van der Waals surface area contributed by atoms with E-state index in [9.17, 15) is 17.6 Å². The molecule has 0 saturated carbocycles. The van der Waals surface area contributed by atoms with Crippen LogP contribution in [0.15, 0.2) is 0 Å². The fourth-order valence-electron chi connectivity index (χ4n) is 1.68. The lowest BCUT2D eigenvalue weighted by Gasteiger charge is -2.31. The van der Waals surface area contributed by atoms with Gasteiger partial charge in [0, 0.05) is 12.5 Å². The average Bonchev–Trinajstić information content (AvgIpc) is 2.03. The maximum Gasteiger partial charge on any atom is 0.422 e. The third-order valence-corrected chi connectivity index (χ3v) is 2.63. The Morgan fingerprint density at radius 3 is 2.29 bits per heavy atom. The highest BCUT2D eigenvalue weighted by molar-refractivity contribution is 4.88. The molecule has 0 aliphatic carbocycles. The minimum atomic E-state index is -4.76. The molecule has 1 fully saturated rings. The first-order chi connectivity index (χ1) is 6.33. The molecule has 0 bridgehead atoms. The van der Waals surface area contributed by atoms with Crippen molar-refractivity contribution in [1.29, 1.82) is 0 Å². The molecular weight excluding hydrogens is 198 g/mol. The summed E-state index contributed by atoms with van der Waals surface area (Å²) in [6.07, 6.45) is -2.75. The molecule has 5 heteroatoms. The Bertz CT molecular complexity index is 182. The van der Waals surface area contributed by atoms with Crippen molar-refractivity contribution in [2.24, 2.45) is 0 Å². The molecule has 2 atom stereocenters. The van der Waals surface area contributed by atoms with Crippen molar-refractivity contribution in [2.45, 2.75) is 50.5 Å². The molecule has 0 spiro atoms. The molecule has 14 heavy (non-hydrogen) atoms. The Morgan fingerprint density at radius 2 is 1.86 bits per heavy atom. The Morgan fingerprint density at radius 1 is 1.21 bits per heavy atom. The monoisotopic (exact) mass is 213 g/mol. The summed E-state index contributed by atoms with van der Waals surface area (Å²) in [7, 11) is 0. The SMILES string of the molecule is CC(F)(CC1CCCCN1)C(F)(F)F. The molecule has 1 aliphatic heterocycles. The van der Waals surface area contributed by atoms with Crippen LogP contribution in [0.3, 0.4) is 0 Å². The molecule has 0 aromatic carbocycles. The standard InChI is InChI=1S/C9H15F4N/c1-8(10,9(11,12)13)6-7-4-2-3-5-14-7/h7,14H,2-6H2,1H3. The Kier molecular flexibility index (Phi) is 3.40. The van der Waals surface area contributed by atoms with Gasteiger partial charge in [0.15, 0.2) is 0 Å². The highest BCUT2D eigenvalue weighted by Crippen LogP contribution is 2.37. The number of hydrogen-bond donors (Lipinski definition) is 1. The van der Waals surface area contributed by atoms with Crippen molar-refractivity contribution in [3.63, 3.8) is 0 Å². The van der Waals surface area contributed by atoms with Gasteiger partial charge in [-0.15, -0.1) is 0 Å². The van der Waals surface area contributed by atoms with E-state index in [1.165, 1.54) is 0 Å². The molecule has 0 aromatic heterocycles. The zero-order chi connectivity index (χ0) is 10.8. The summed E-state index contributed by atoms with van der Waals surface area (Å²) < 4.78 is 49.8. The van der Waals surface area contributed by atoms with Gasteiger partial charge in [-0.1, -0.05) is 6.42 Å². The van der Waals surface area contributed by atoms with Gasteiger partial charge in [0.05, 0.1) is 0 Å². The summed E-state index contributed by atoms with van der Waals surface area (Å²) in [4.78, 5) is 0. The van der Waals surface area contributed by atoms with E-state index in [0.29, 0.717) is 19.9 Å². The lowest BCUT2D eigenvalue weighted by Crippen LogP contribution is -2.46. The van der Waals surface area contributed by atoms with Gasteiger partial charge in [0.2, 0.25) is 5.67 Å². The Labute approximate surface area is 80.9 Å². The van der Waals surface area contributed by atoms with Crippen molar-refractivity contribution >= 4 is 0 Å². The van der Waals surface area contributed by atoms with Gasteiger partial charge in [-0.05, 0) is 26.3 Å². The summed E-state index contributed by atoms with van der Waals surface area (Å²) in [5, 5.41) is 2.91. The first-order valence-electron chi connectivity index (χ1n) is 4.82. The topological polar surface area (TPSA) is 12.0 Å². The van der Waals surface area contributed by atoms with E-state index in [2.05, 4.69) is 5.32 Å². The van der Waals surface area contributed by atoms with Crippen molar-refractivity contribution in [2.75, 3.05) is 6.54 Å². The fourth-order valence-corrected chi connectivity index (χ4v) is 1.68. The van der Waals surface area contributed by atoms with E-state index in [0.717, 1.165) is 12.8 Å². The smallest absolute Gasteiger partial charge is 0.314 e. The van der Waals surface area contributed by atoms with E-state index in [-0.39, 0.29) is 6.04 Å². The third kappa shape index (κ3) is 2.83. The molecule has 1 nitrogen and oxygen atoms in total. The molecule has 1 aliphatic rings. The zero-order valence-corrected chi connectivity index (χ0v) is 8.12. The van der Waals surface area contributed by atoms with E-state index in [1.54, 1.807) is 0 Å². The van der Waals surface area contributed by atoms with Crippen LogP contribution in [0.4, 0.5) is 17.6 Å². The number of alkyl halides is 4. The van der Waals surface area contributed by atoms with E-state index in [4.69, 9.17) is 0 Å². The quantitative estimate of drug-likeness (QED) is 0.695. The number of piperidine rings is 1. The van der Waals surface area contributed by atoms with Crippen molar-refractivity contribution < 1.29 is 17.6 Å². The summed E-state index contributed by atoms with van der Waals surface area (Å²) in [5.41, 5.74) is -3.07. The van der Waals surface area contributed by atoms with Gasteiger partial charge >= 0.3 is 6.18 Å². The van der Waals surface area contributed by atoms with Crippen molar-refractivity contribution in [1.82, 2.24) is 5.32 Å². The van der Waals surface area contributed by atoms with E-state index in [1.807, 2.05) is 0 Å². The molecule has 1 saturated heterocycles. The predicted molar refractivity (Wildman–Crippen MR) is 45.8 cm³/mol. The minimum absolute atomic E-state index is 0.333. The zero-order valence-electron chi connectivity index (χ0n) is 8.12. The van der Waals surface area contributed by atoms with Crippen LogP contribution >= 0.6 is 0 Å². The first-order valence-corrected chi connectivity index (χ1v) is 4.82. The van der Waals surface area contributed by atoms with Crippen LogP contribution in [0.25, 0.3) is 0 Å². The molecule has 0 amide bonds. The average molecular weight is 213 g/mol.